The zero-order valence-corrected chi connectivity index (χ0v) is 12.4. The lowest BCUT2D eigenvalue weighted by Crippen LogP contribution is -2.39. The molecule has 4 nitrogen and oxygen atoms in total. The monoisotopic (exact) mass is 351 g/mol. The third kappa shape index (κ3) is 5.14. The van der Waals surface area contributed by atoms with Gasteiger partial charge >= 0.3 is 0 Å². The van der Waals surface area contributed by atoms with E-state index >= 15 is 0 Å². The number of rotatable bonds is 3. The maximum atomic E-state index is 5.84. The van der Waals surface area contributed by atoms with E-state index in [4.69, 9.17) is 10.5 Å². The molecule has 5 heteroatoms. The average Bonchev–Trinajstić information content (AvgIpc) is 2.81. The number of nitrogens with one attached hydrogen (secondary N) is 1. The normalized spacial score (nSPS) is 25.2. The number of aliphatic imine (C=N–C) groups is 1. The Morgan fingerprint density at radius 3 is 2.76 bits per heavy atom. The summed E-state index contributed by atoms with van der Waals surface area (Å²) in [7, 11) is 0. The van der Waals surface area contributed by atoms with Crippen molar-refractivity contribution >= 4 is 29.9 Å². The van der Waals surface area contributed by atoms with Crippen LogP contribution in [-0.4, -0.2) is 24.7 Å². The van der Waals surface area contributed by atoms with E-state index in [0.29, 0.717) is 18.5 Å². The molecule has 1 fully saturated rings. The summed E-state index contributed by atoms with van der Waals surface area (Å²) < 4.78 is 5.43. The molecule has 1 heterocycles. The van der Waals surface area contributed by atoms with Crippen molar-refractivity contribution in [1.82, 2.24) is 5.32 Å². The summed E-state index contributed by atoms with van der Waals surface area (Å²) in [5, 5.41) is 3.27. The van der Waals surface area contributed by atoms with E-state index in [-0.39, 0.29) is 30.1 Å². The number of allylic oxidation sites excluding steroid dienone is 1. The summed E-state index contributed by atoms with van der Waals surface area (Å²) in [6.45, 7) is 0.663. The van der Waals surface area contributed by atoms with Gasteiger partial charge in [0, 0.05) is 6.04 Å². The van der Waals surface area contributed by atoms with Crippen LogP contribution in [0.5, 0.6) is 0 Å². The smallest absolute Gasteiger partial charge is 0.188 e. The fourth-order valence-corrected chi connectivity index (χ4v) is 2.24. The molecule has 0 aromatic carbocycles. The summed E-state index contributed by atoms with van der Waals surface area (Å²) in [6.07, 6.45) is 11.2. The fraction of sp³-hybridized carbons (Fsp3) is 0.750. The molecular formula is C12H22IN3O. The summed E-state index contributed by atoms with van der Waals surface area (Å²) in [6, 6.07) is 0.538. The zero-order valence-electron chi connectivity index (χ0n) is 10.1. The van der Waals surface area contributed by atoms with Gasteiger partial charge in [-0.3, -0.25) is 0 Å². The average molecular weight is 351 g/mol. The minimum Gasteiger partial charge on any atom is -0.496 e. The van der Waals surface area contributed by atoms with Crippen LogP contribution in [0.15, 0.2) is 17.3 Å². The first-order chi connectivity index (χ1) is 7.84. The number of halogens is 1. The third-order valence-electron chi connectivity index (χ3n) is 3.19. The van der Waals surface area contributed by atoms with Crippen LogP contribution in [-0.2, 0) is 4.74 Å². The number of nitrogens with zero attached hydrogens (tertiary/aromatic N) is 1. The van der Waals surface area contributed by atoms with Crippen molar-refractivity contribution in [3.05, 3.63) is 12.3 Å². The Morgan fingerprint density at radius 1 is 1.35 bits per heavy atom. The van der Waals surface area contributed by atoms with Crippen LogP contribution in [0.4, 0.5) is 0 Å². The quantitative estimate of drug-likeness (QED) is 0.465. The number of hydrogen-bond donors (Lipinski definition) is 2. The summed E-state index contributed by atoms with van der Waals surface area (Å²) in [4.78, 5) is 4.34. The number of ether oxygens (including phenoxy) is 1. The highest BCUT2D eigenvalue weighted by molar-refractivity contribution is 14.0. The fourth-order valence-electron chi connectivity index (χ4n) is 2.24. The Kier molecular flexibility index (Phi) is 6.69. The van der Waals surface area contributed by atoms with Gasteiger partial charge in [0.15, 0.2) is 5.96 Å². The number of nitrogens with two attached hydrogens (primary N) is 1. The summed E-state index contributed by atoms with van der Waals surface area (Å²) in [5.74, 6) is 0.574. The molecule has 2 aliphatic rings. The predicted molar refractivity (Wildman–Crippen MR) is 80.5 cm³/mol. The Bertz CT molecular complexity index is 275. The maximum absolute atomic E-state index is 5.84. The van der Waals surface area contributed by atoms with Gasteiger partial charge in [-0.05, 0) is 31.8 Å². The molecule has 2 rings (SSSR count). The van der Waals surface area contributed by atoms with E-state index in [2.05, 4.69) is 10.3 Å². The van der Waals surface area contributed by atoms with Crippen molar-refractivity contribution in [3.63, 3.8) is 0 Å². The summed E-state index contributed by atoms with van der Waals surface area (Å²) >= 11 is 0. The molecule has 0 spiro atoms. The lowest BCUT2D eigenvalue weighted by Gasteiger charge is -2.18. The lowest BCUT2D eigenvalue weighted by molar-refractivity contribution is 0.131. The standard InChI is InChI=1S/C12H21N3O.HI/c13-12(15-10-5-1-2-6-10)14-9-11-7-3-4-8-16-11;/h4,8,10-11H,1-3,5-7,9H2,(H3,13,14,15);1H. The second-order valence-electron chi connectivity index (χ2n) is 4.56. The van der Waals surface area contributed by atoms with E-state index < -0.39 is 0 Å². The van der Waals surface area contributed by atoms with E-state index in [9.17, 15) is 0 Å². The van der Waals surface area contributed by atoms with Crippen LogP contribution >= 0.6 is 24.0 Å². The van der Waals surface area contributed by atoms with Crippen LogP contribution < -0.4 is 11.1 Å². The second kappa shape index (κ2) is 7.79. The maximum Gasteiger partial charge on any atom is 0.188 e. The van der Waals surface area contributed by atoms with Gasteiger partial charge in [0.1, 0.15) is 6.10 Å². The molecule has 17 heavy (non-hydrogen) atoms. The van der Waals surface area contributed by atoms with E-state index in [1.165, 1.54) is 25.7 Å². The van der Waals surface area contributed by atoms with Gasteiger partial charge < -0.3 is 15.8 Å². The van der Waals surface area contributed by atoms with Gasteiger partial charge in [-0.2, -0.15) is 0 Å². The van der Waals surface area contributed by atoms with Crippen molar-refractivity contribution in [1.29, 1.82) is 0 Å². The molecule has 0 aromatic rings. The Hall–Kier alpha value is -0.460. The topological polar surface area (TPSA) is 59.6 Å². The molecule has 1 aliphatic carbocycles. The van der Waals surface area contributed by atoms with Gasteiger partial charge in [0.05, 0.1) is 12.8 Å². The molecular weight excluding hydrogens is 329 g/mol. The molecule has 0 saturated heterocycles. The molecule has 98 valence electrons. The van der Waals surface area contributed by atoms with Gasteiger partial charge in [0.25, 0.3) is 0 Å². The third-order valence-corrected chi connectivity index (χ3v) is 3.19. The van der Waals surface area contributed by atoms with Crippen LogP contribution in [0.1, 0.15) is 38.5 Å². The van der Waals surface area contributed by atoms with Gasteiger partial charge in [-0.25, -0.2) is 4.99 Å². The van der Waals surface area contributed by atoms with E-state index in [1.54, 1.807) is 6.26 Å². The first-order valence-electron chi connectivity index (χ1n) is 6.21. The molecule has 1 unspecified atom stereocenters. The molecule has 1 saturated carbocycles. The van der Waals surface area contributed by atoms with Crippen molar-refractivity contribution in [2.45, 2.75) is 50.7 Å². The van der Waals surface area contributed by atoms with E-state index in [1.807, 2.05) is 6.08 Å². The van der Waals surface area contributed by atoms with Crippen LogP contribution in [0.25, 0.3) is 0 Å². The predicted octanol–water partition coefficient (Wildman–Crippen LogP) is 2.14. The molecule has 3 N–H and O–H groups in total. The minimum absolute atomic E-state index is 0. The largest absolute Gasteiger partial charge is 0.496 e. The first-order valence-corrected chi connectivity index (χ1v) is 6.21. The highest BCUT2D eigenvalue weighted by Crippen LogP contribution is 2.17. The van der Waals surface area contributed by atoms with Crippen molar-refractivity contribution in [2.75, 3.05) is 6.54 Å². The molecule has 1 atom stereocenters. The molecule has 0 aromatic heterocycles. The number of guanidine groups is 1. The Morgan fingerprint density at radius 2 is 2.12 bits per heavy atom. The minimum atomic E-state index is 0. The van der Waals surface area contributed by atoms with Gasteiger partial charge in [-0.1, -0.05) is 12.8 Å². The highest BCUT2D eigenvalue weighted by atomic mass is 127. The van der Waals surface area contributed by atoms with E-state index in [0.717, 1.165) is 12.8 Å². The molecule has 1 aliphatic heterocycles. The Labute approximate surface area is 120 Å². The van der Waals surface area contributed by atoms with Gasteiger partial charge in [0.2, 0.25) is 0 Å². The first kappa shape index (κ1) is 14.6. The van der Waals surface area contributed by atoms with Crippen LogP contribution in [0.3, 0.4) is 0 Å². The van der Waals surface area contributed by atoms with Crippen molar-refractivity contribution in [3.8, 4) is 0 Å². The highest BCUT2D eigenvalue weighted by Gasteiger charge is 2.15. The van der Waals surface area contributed by atoms with Gasteiger partial charge in [-0.15, -0.1) is 24.0 Å². The zero-order chi connectivity index (χ0) is 11.2. The lowest BCUT2D eigenvalue weighted by atomic mass is 10.2. The van der Waals surface area contributed by atoms with Crippen LogP contribution in [0.2, 0.25) is 0 Å². The van der Waals surface area contributed by atoms with Crippen molar-refractivity contribution < 1.29 is 4.74 Å². The van der Waals surface area contributed by atoms with Crippen LogP contribution in [0, 0.1) is 0 Å². The second-order valence-corrected chi connectivity index (χ2v) is 4.56. The molecule has 0 amide bonds. The molecule has 0 bridgehead atoms. The number of hydrogen-bond acceptors (Lipinski definition) is 2. The summed E-state index contributed by atoms with van der Waals surface area (Å²) in [5.41, 5.74) is 5.84. The molecule has 0 radical (unpaired) electrons. The SMILES string of the molecule is I.NC(=NCC1CCC=CO1)NC1CCCC1. The van der Waals surface area contributed by atoms with Crippen molar-refractivity contribution in [2.24, 2.45) is 10.7 Å². The Balaban J connectivity index is 0.00000144.